The molecule has 1 aromatic heterocycles. The summed E-state index contributed by atoms with van der Waals surface area (Å²) in [5.41, 5.74) is 5.37. The second-order valence-electron chi connectivity index (χ2n) is 4.99. The number of hydrogen-bond donors (Lipinski definition) is 1. The molecule has 1 unspecified atom stereocenters. The van der Waals surface area contributed by atoms with E-state index in [9.17, 15) is 9.59 Å². The molecule has 1 aromatic carbocycles. The van der Waals surface area contributed by atoms with Gasteiger partial charge in [-0.2, -0.15) is 4.98 Å². The van der Waals surface area contributed by atoms with E-state index in [1.54, 1.807) is 37.3 Å². The first-order chi connectivity index (χ1) is 11.5. The summed E-state index contributed by atoms with van der Waals surface area (Å²) in [5, 5.41) is 0. The van der Waals surface area contributed by atoms with E-state index >= 15 is 0 Å². The standard InChI is InChI=1S/C16H19N3O5/c1-10(24-15(20)11-7-5-4-6-8-11)14(23-3)19-9-12(22-2)13(17)18-16(19)21/h4-10,14H,1-3H3,(H2,17,18,21)/t10?,14-/m1/s1. The van der Waals surface area contributed by atoms with Crippen LogP contribution in [0.1, 0.15) is 23.5 Å². The Kier molecular flexibility index (Phi) is 5.54. The summed E-state index contributed by atoms with van der Waals surface area (Å²) in [7, 11) is 2.80. The van der Waals surface area contributed by atoms with Crippen LogP contribution in [-0.4, -0.2) is 35.8 Å². The van der Waals surface area contributed by atoms with Crippen molar-refractivity contribution in [1.29, 1.82) is 0 Å². The lowest BCUT2D eigenvalue weighted by Gasteiger charge is -2.24. The van der Waals surface area contributed by atoms with E-state index in [4.69, 9.17) is 19.9 Å². The lowest BCUT2D eigenvalue weighted by atomic mass is 10.2. The molecule has 0 saturated carbocycles. The molecule has 8 nitrogen and oxygen atoms in total. The molecule has 2 rings (SSSR count). The van der Waals surface area contributed by atoms with E-state index in [0.29, 0.717) is 5.56 Å². The first-order valence-corrected chi connectivity index (χ1v) is 7.19. The number of anilines is 1. The van der Waals surface area contributed by atoms with Crippen LogP contribution in [0.5, 0.6) is 5.75 Å². The number of nitrogen functional groups attached to an aromatic ring is 1. The number of esters is 1. The van der Waals surface area contributed by atoms with E-state index in [1.807, 2.05) is 0 Å². The molecular formula is C16H19N3O5. The van der Waals surface area contributed by atoms with E-state index in [1.165, 1.54) is 20.4 Å². The summed E-state index contributed by atoms with van der Waals surface area (Å²) < 4.78 is 16.9. The minimum Gasteiger partial charge on any atom is -0.491 e. The highest BCUT2D eigenvalue weighted by atomic mass is 16.6. The summed E-state index contributed by atoms with van der Waals surface area (Å²) >= 11 is 0. The number of ether oxygens (including phenoxy) is 3. The van der Waals surface area contributed by atoms with Gasteiger partial charge in [0.05, 0.1) is 18.9 Å². The van der Waals surface area contributed by atoms with Crippen molar-refractivity contribution in [2.24, 2.45) is 0 Å². The van der Waals surface area contributed by atoms with Gasteiger partial charge in [-0.25, -0.2) is 9.59 Å². The highest BCUT2D eigenvalue weighted by Crippen LogP contribution is 2.21. The summed E-state index contributed by atoms with van der Waals surface area (Å²) in [4.78, 5) is 27.9. The molecule has 0 aliphatic heterocycles. The summed E-state index contributed by atoms with van der Waals surface area (Å²) in [5.74, 6) is -0.325. The molecule has 128 valence electrons. The van der Waals surface area contributed by atoms with E-state index < -0.39 is 24.0 Å². The quantitative estimate of drug-likeness (QED) is 0.792. The smallest absolute Gasteiger partial charge is 0.352 e. The Balaban J connectivity index is 2.25. The minimum absolute atomic E-state index is 0.0254. The van der Waals surface area contributed by atoms with Crippen molar-refractivity contribution >= 4 is 11.8 Å². The van der Waals surface area contributed by atoms with Gasteiger partial charge in [-0.1, -0.05) is 18.2 Å². The second-order valence-corrected chi connectivity index (χ2v) is 4.99. The van der Waals surface area contributed by atoms with Crippen LogP contribution in [0, 0.1) is 0 Å². The third kappa shape index (κ3) is 3.72. The van der Waals surface area contributed by atoms with Gasteiger partial charge in [0, 0.05) is 7.11 Å². The van der Waals surface area contributed by atoms with Gasteiger partial charge in [0.15, 0.2) is 17.8 Å². The van der Waals surface area contributed by atoms with Gasteiger partial charge in [-0.3, -0.25) is 4.57 Å². The minimum atomic E-state index is -0.882. The van der Waals surface area contributed by atoms with Crippen LogP contribution < -0.4 is 16.2 Å². The number of nitrogens with two attached hydrogens (primary N) is 1. The zero-order chi connectivity index (χ0) is 17.7. The molecule has 0 aliphatic rings. The fourth-order valence-electron chi connectivity index (χ4n) is 2.20. The van der Waals surface area contributed by atoms with Crippen molar-refractivity contribution in [3.05, 3.63) is 52.6 Å². The molecule has 1 heterocycles. The topological polar surface area (TPSA) is 106 Å². The number of benzene rings is 1. The van der Waals surface area contributed by atoms with Crippen LogP contribution in [0.25, 0.3) is 0 Å². The van der Waals surface area contributed by atoms with Crippen molar-refractivity contribution in [3.63, 3.8) is 0 Å². The number of nitrogens with zero attached hydrogens (tertiary/aromatic N) is 2. The highest BCUT2D eigenvalue weighted by molar-refractivity contribution is 5.89. The van der Waals surface area contributed by atoms with E-state index in [0.717, 1.165) is 4.57 Å². The summed E-state index contributed by atoms with van der Waals surface area (Å²) in [6.45, 7) is 1.62. The summed E-state index contributed by atoms with van der Waals surface area (Å²) in [6.07, 6.45) is -0.270. The van der Waals surface area contributed by atoms with Crippen LogP contribution in [-0.2, 0) is 9.47 Å². The number of carbonyl (C=O) groups is 1. The van der Waals surface area contributed by atoms with Gasteiger partial charge in [0.1, 0.15) is 6.10 Å². The van der Waals surface area contributed by atoms with E-state index in [2.05, 4.69) is 4.98 Å². The maximum Gasteiger partial charge on any atom is 0.352 e. The Bertz CT molecular complexity index is 760. The van der Waals surface area contributed by atoms with Crippen molar-refractivity contribution in [3.8, 4) is 5.75 Å². The molecule has 0 aliphatic carbocycles. The molecule has 8 heteroatoms. The summed E-state index contributed by atoms with van der Waals surface area (Å²) in [6, 6.07) is 8.53. The maximum atomic E-state index is 12.1. The molecule has 2 atom stereocenters. The van der Waals surface area contributed by atoms with Crippen LogP contribution in [0.3, 0.4) is 0 Å². The fourth-order valence-corrected chi connectivity index (χ4v) is 2.20. The molecule has 0 bridgehead atoms. The Morgan fingerprint density at radius 3 is 2.50 bits per heavy atom. The third-order valence-electron chi connectivity index (χ3n) is 3.39. The van der Waals surface area contributed by atoms with Crippen molar-refractivity contribution < 1.29 is 19.0 Å². The second kappa shape index (κ2) is 7.60. The average Bonchev–Trinajstić information content (AvgIpc) is 2.58. The van der Waals surface area contributed by atoms with Crippen molar-refractivity contribution in [1.82, 2.24) is 9.55 Å². The zero-order valence-corrected chi connectivity index (χ0v) is 13.6. The predicted octanol–water partition coefficient (Wildman–Crippen LogP) is 1.22. The number of aromatic nitrogens is 2. The largest absolute Gasteiger partial charge is 0.491 e. The Morgan fingerprint density at radius 1 is 1.25 bits per heavy atom. The molecule has 0 saturated heterocycles. The number of hydrogen-bond acceptors (Lipinski definition) is 7. The van der Waals surface area contributed by atoms with Crippen LogP contribution in [0.4, 0.5) is 5.82 Å². The maximum absolute atomic E-state index is 12.1. The van der Waals surface area contributed by atoms with Crippen LogP contribution in [0.15, 0.2) is 41.3 Å². The Hall–Kier alpha value is -2.87. The lowest BCUT2D eigenvalue weighted by molar-refractivity contribution is -0.0655. The van der Waals surface area contributed by atoms with Gasteiger partial charge in [0.2, 0.25) is 0 Å². The first-order valence-electron chi connectivity index (χ1n) is 7.19. The molecule has 0 radical (unpaired) electrons. The van der Waals surface area contributed by atoms with Gasteiger partial charge in [-0.15, -0.1) is 0 Å². The third-order valence-corrected chi connectivity index (χ3v) is 3.39. The van der Waals surface area contributed by atoms with Gasteiger partial charge in [0.25, 0.3) is 0 Å². The molecule has 0 fully saturated rings. The number of carbonyl (C=O) groups excluding carboxylic acids is 1. The molecule has 0 spiro atoms. The molecule has 2 N–H and O–H groups in total. The zero-order valence-electron chi connectivity index (χ0n) is 13.6. The predicted molar refractivity (Wildman–Crippen MR) is 86.8 cm³/mol. The van der Waals surface area contributed by atoms with Gasteiger partial charge in [-0.05, 0) is 19.1 Å². The van der Waals surface area contributed by atoms with Crippen LogP contribution >= 0.6 is 0 Å². The Labute approximate surface area is 138 Å². The highest BCUT2D eigenvalue weighted by Gasteiger charge is 2.25. The molecule has 24 heavy (non-hydrogen) atoms. The SMILES string of the molecule is COc1cn([C@H](OC)C(C)OC(=O)c2ccccc2)c(=O)nc1N. The first kappa shape index (κ1) is 17.5. The van der Waals surface area contributed by atoms with Crippen LogP contribution in [0.2, 0.25) is 0 Å². The van der Waals surface area contributed by atoms with Gasteiger partial charge >= 0.3 is 11.7 Å². The molecular weight excluding hydrogens is 314 g/mol. The molecule has 2 aromatic rings. The number of methoxy groups -OCH3 is 2. The van der Waals surface area contributed by atoms with E-state index in [-0.39, 0.29) is 11.6 Å². The van der Waals surface area contributed by atoms with Crippen molar-refractivity contribution in [2.75, 3.05) is 20.0 Å². The lowest BCUT2D eigenvalue weighted by Crippen LogP contribution is -2.36. The number of rotatable bonds is 6. The normalized spacial score (nSPS) is 13.1. The Morgan fingerprint density at radius 2 is 1.92 bits per heavy atom. The fraction of sp³-hybridized carbons (Fsp3) is 0.312. The molecule has 0 amide bonds. The monoisotopic (exact) mass is 333 g/mol. The average molecular weight is 333 g/mol. The van der Waals surface area contributed by atoms with Gasteiger partial charge < -0.3 is 19.9 Å². The van der Waals surface area contributed by atoms with Crippen molar-refractivity contribution in [2.45, 2.75) is 19.3 Å².